The van der Waals surface area contributed by atoms with Gasteiger partial charge in [0.1, 0.15) is 5.25 Å². The first-order chi connectivity index (χ1) is 12.6. The van der Waals surface area contributed by atoms with Crippen molar-refractivity contribution in [2.75, 3.05) is 25.6 Å². The Morgan fingerprint density at radius 1 is 1.19 bits per heavy atom. The van der Waals surface area contributed by atoms with Crippen LogP contribution in [0.4, 0.5) is 5.69 Å². The van der Waals surface area contributed by atoms with Gasteiger partial charge in [0, 0.05) is 11.9 Å². The summed E-state index contributed by atoms with van der Waals surface area (Å²) in [4.78, 5) is 26.1. The van der Waals surface area contributed by atoms with Crippen molar-refractivity contribution in [3.8, 4) is 11.5 Å². The molecule has 8 nitrogen and oxygen atoms in total. The highest BCUT2D eigenvalue weighted by molar-refractivity contribution is 7.91. The molecule has 2 aromatic rings. The molecule has 0 radical (unpaired) electrons. The molecule has 1 heterocycles. The van der Waals surface area contributed by atoms with Crippen molar-refractivity contribution in [2.24, 2.45) is 0 Å². The lowest BCUT2D eigenvalue weighted by molar-refractivity contribution is 0.0654. The summed E-state index contributed by atoms with van der Waals surface area (Å²) < 4.78 is 29.7. The molecule has 2 amide bonds. The number of hydrogen-bond donors (Lipinski definition) is 2. The molecule has 3 N–H and O–H groups in total. The van der Waals surface area contributed by atoms with Gasteiger partial charge in [-0.3, -0.25) is 14.5 Å². The van der Waals surface area contributed by atoms with Gasteiger partial charge >= 0.3 is 0 Å². The minimum Gasteiger partial charge on any atom is -0.504 e. The lowest BCUT2D eigenvalue weighted by Gasteiger charge is -2.22. The van der Waals surface area contributed by atoms with Crippen LogP contribution in [0, 0.1) is 0 Å². The van der Waals surface area contributed by atoms with Gasteiger partial charge in [-0.15, -0.1) is 0 Å². The maximum atomic E-state index is 12.7. The standard InChI is InChI=1S/C18H18N2O6S/c1-26-14-7-6-10(8-13(14)21)15(27(2,24)25)9-20-17(22)11-4-3-5-12(19)16(11)18(20)23/h3-8,15,21H,9,19H2,1-2H3. The van der Waals surface area contributed by atoms with Gasteiger partial charge in [-0.05, 0) is 29.8 Å². The van der Waals surface area contributed by atoms with Crippen LogP contribution in [0.2, 0.25) is 0 Å². The van der Waals surface area contributed by atoms with Crippen molar-refractivity contribution < 1.29 is 27.9 Å². The number of nitrogen functional groups attached to an aromatic ring is 1. The topological polar surface area (TPSA) is 127 Å². The Hall–Kier alpha value is -3.07. The van der Waals surface area contributed by atoms with Crippen molar-refractivity contribution in [3.63, 3.8) is 0 Å². The molecule has 0 fully saturated rings. The van der Waals surface area contributed by atoms with E-state index in [0.717, 1.165) is 11.2 Å². The zero-order chi connectivity index (χ0) is 19.9. The minimum absolute atomic E-state index is 0.0762. The number of benzene rings is 2. The number of amides is 2. The molecule has 1 aliphatic rings. The van der Waals surface area contributed by atoms with E-state index in [0.29, 0.717) is 0 Å². The lowest BCUT2D eigenvalue weighted by Crippen LogP contribution is -2.36. The SMILES string of the molecule is COc1ccc(C(CN2C(=O)c3cccc(N)c3C2=O)S(C)(=O)=O)cc1O. The molecular weight excluding hydrogens is 372 g/mol. The van der Waals surface area contributed by atoms with Gasteiger partial charge in [-0.25, -0.2) is 8.42 Å². The molecule has 0 bridgehead atoms. The fourth-order valence-electron chi connectivity index (χ4n) is 3.09. The van der Waals surface area contributed by atoms with E-state index in [-0.39, 0.29) is 33.9 Å². The van der Waals surface area contributed by atoms with Crippen molar-refractivity contribution in [2.45, 2.75) is 5.25 Å². The Labute approximate surface area is 156 Å². The van der Waals surface area contributed by atoms with Crippen molar-refractivity contribution in [1.82, 2.24) is 4.90 Å². The molecule has 0 aromatic heterocycles. The molecule has 0 aliphatic carbocycles. The Balaban J connectivity index is 2.00. The third-order valence-corrected chi connectivity index (χ3v) is 5.93. The third kappa shape index (κ3) is 3.21. The molecule has 0 spiro atoms. The van der Waals surface area contributed by atoms with Crippen LogP contribution in [-0.4, -0.2) is 50.1 Å². The van der Waals surface area contributed by atoms with Gasteiger partial charge in [0.05, 0.1) is 24.8 Å². The van der Waals surface area contributed by atoms with Crippen LogP contribution in [0.3, 0.4) is 0 Å². The summed E-state index contributed by atoms with van der Waals surface area (Å²) in [7, 11) is -2.35. The maximum absolute atomic E-state index is 12.7. The minimum atomic E-state index is -3.72. The number of phenols is 1. The number of rotatable bonds is 5. The van der Waals surface area contributed by atoms with E-state index in [1.807, 2.05) is 0 Å². The monoisotopic (exact) mass is 390 g/mol. The summed E-state index contributed by atoms with van der Waals surface area (Å²) in [6.07, 6.45) is 1.01. The van der Waals surface area contributed by atoms with Gasteiger partial charge in [-0.1, -0.05) is 12.1 Å². The lowest BCUT2D eigenvalue weighted by atomic mass is 10.1. The number of hydrogen-bond acceptors (Lipinski definition) is 7. The average Bonchev–Trinajstić information content (AvgIpc) is 2.83. The molecule has 1 aliphatic heterocycles. The number of sulfone groups is 1. The number of carbonyl (C=O) groups is 2. The van der Waals surface area contributed by atoms with Gasteiger partial charge in [0.2, 0.25) is 0 Å². The molecule has 1 unspecified atom stereocenters. The summed E-state index contributed by atoms with van der Waals surface area (Å²) in [6, 6.07) is 8.67. The molecule has 0 saturated carbocycles. The number of imide groups is 1. The second-order valence-electron chi connectivity index (χ2n) is 6.24. The number of phenolic OH excluding ortho intramolecular Hbond substituents is 1. The van der Waals surface area contributed by atoms with Crippen LogP contribution in [-0.2, 0) is 9.84 Å². The first kappa shape index (κ1) is 18.7. The number of fused-ring (bicyclic) bond motifs is 1. The summed E-state index contributed by atoms with van der Waals surface area (Å²) >= 11 is 0. The van der Waals surface area contributed by atoms with Gasteiger partial charge in [0.25, 0.3) is 11.8 Å². The van der Waals surface area contributed by atoms with Crippen LogP contribution in [0.5, 0.6) is 11.5 Å². The zero-order valence-electron chi connectivity index (χ0n) is 14.7. The van der Waals surface area contributed by atoms with E-state index in [4.69, 9.17) is 10.5 Å². The maximum Gasteiger partial charge on any atom is 0.263 e. The average molecular weight is 390 g/mol. The molecule has 142 valence electrons. The van der Waals surface area contributed by atoms with E-state index in [1.54, 1.807) is 6.07 Å². The number of nitrogens with zero attached hydrogens (tertiary/aromatic N) is 1. The van der Waals surface area contributed by atoms with Crippen molar-refractivity contribution in [3.05, 3.63) is 53.1 Å². The van der Waals surface area contributed by atoms with E-state index in [9.17, 15) is 23.1 Å². The summed E-state index contributed by atoms with van der Waals surface area (Å²) in [6.45, 7) is -0.392. The van der Waals surface area contributed by atoms with Crippen molar-refractivity contribution >= 4 is 27.3 Å². The molecule has 27 heavy (non-hydrogen) atoms. The van der Waals surface area contributed by atoms with Gasteiger partial charge < -0.3 is 15.6 Å². The molecule has 0 saturated heterocycles. The van der Waals surface area contributed by atoms with Gasteiger partial charge in [-0.2, -0.15) is 0 Å². The molecule has 2 aromatic carbocycles. The molecule has 9 heteroatoms. The van der Waals surface area contributed by atoms with Crippen molar-refractivity contribution in [1.29, 1.82) is 0 Å². The van der Waals surface area contributed by atoms with Crippen LogP contribution in [0.1, 0.15) is 31.5 Å². The number of methoxy groups -OCH3 is 1. The summed E-state index contributed by atoms with van der Waals surface area (Å²) in [5.74, 6) is -1.30. The predicted octanol–water partition coefficient (Wildman–Crippen LogP) is 1.36. The van der Waals surface area contributed by atoms with Crippen LogP contribution in [0.15, 0.2) is 36.4 Å². The predicted molar refractivity (Wildman–Crippen MR) is 98.5 cm³/mol. The Bertz CT molecular complexity index is 1050. The fourth-order valence-corrected chi connectivity index (χ4v) is 4.15. The number of nitrogens with two attached hydrogens (primary N) is 1. The summed E-state index contributed by atoms with van der Waals surface area (Å²) in [5, 5.41) is 8.75. The fraction of sp³-hybridized carbons (Fsp3) is 0.222. The summed E-state index contributed by atoms with van der Waals surface area (Å²) in [5.41, 5.74) is 6.42. The molecule has 1 atom stereocenters. The highest BCUT2D eigenvalue weighted by atomic mass is 32.2. The van der Waals surface area contributed by atoms with Gasteiger partial charge in [0.15, 0.2) is 21.3 Å². The second kappa shape index (κ2) is 6.58. The Morgan fingerprint density at radius 3 is 2.44 bits per heavy atom. The number of anilines is 1. The smallest absolute Gasteiger partial charge is 0.263 e. The van der Waals surface area contributed by atoms with E-state index >= 15 is 0 Å². The van der Waals surface area contributed by atoms with E-state index < -0.39 is 33.4 Å². The third-order valence-electron chi connectivity index (χ3n) is 4.47. The highest BCUT2D eigenvalue weighted by Crippen LogP contribution is 2.34. The number of aromatic hydroxyl groups is 1. The van der Waals surface area contributed by atoms with Crippen LogP contribution in [0.25, 0.3) is 0 Å². The first-order valence-electron chi connectivity index (χ1n) is 7.95. The number of carbonyl (C=O) groups excluding carboxylic acids is 2. The Kier molecular flexibility index (Phi) is 4.56. The zero-order valence-corrected chi connectivity index (χ0v) is 15.5. The highest BCUT2D eigenvalue weighted by Gasteiger charge is 2.40. The largest absolute Gasteiger partial charge is 0.504 e. The normalized spacial score (nSPS) is 15.0. The number of ether oxygens (including phenoxy) is 1. The van der Waals surface area contributed by atoms with E-state index in [1.165, 1.54) is 37.4 Å². The van der Waals surface area contributed by atoms with Crippen LogP contribution < -0.4 is 10.5 Å². The Morgan fingerprint density at radius 2 is 1.89 bits per heavy atom. The molecular formula is C18H18N2O6S. The quantitative estimate of drug-likeness (QED) is 0.583. The first-order valence-corrected chi connectivity index (χ1v) is 9.91. The molecule has 3 rings (SSSR count). The van der Waals surface area contributed by atoms with Crippen LogP contribution >= 0.6 is 0 Å². The van der Waals surface area contributed by atoms with E-state index in [2.05, 4.69) is 0 Å². The second-order valence-corrected chi connectivity index (χ2v) is 8.47.